The van der Waals surface area contributed by atoms with Crippen LogP contribution in [0.5, 0.6) is 0 Å². The van der Waals surface area contributed by atoms with Gasteiger partial charge < -0.3 is 4.89 Å². The zero-order valence-electron chi connectivity index (χ0n) is 13.3. The predicted octanol–water partition coefficient (Wildman–Crippen LogP) is 5.45. The average Bonchev–Trinajstić information content (AvgIpc) is 2.41. The van der Waals surface area contributed by atoms with Crippen LogP contribution in [-0.2, 0) is 13.6 Å². The fourth-order valence-electron chi connectivity index (χ4n) is 1.99. The molecule has 0 saturated carbocycles. The highest BCUT2D eigenvalue weighted by Crippen LogP contribution is 2.43. The van der Waals surface area contributed by atoms with E-state index in [0.717, 1.165) is 32.1 Å². The zero-order chi connectivity index (χ0) is 15.1. The Hall–Kier alpha value is 0.110. The smallest absolute Gasteiger partial charge is 0.302 e. The second kappa shape index (κ2) is 14.1. The second-order valence-corrected chi connectivity index (χ2v) is 6.77. The molecule has 0 rings (SSSR count). The van der Waals surface area contributed by atoms with Crippen LogP contribution < -0.4 is 0 Å². The second-order valence-electron chi connectivity index (χ2n) is 5.32. The average molecular weight is 308 g/mol. The maximum Gasteiger partial charge on any atom is 0.472 e. The number of unbranched alkanes of at least 4 members (excludes halogenated alkanes) is 9. The highest BCUT2D eigenvalue weighted by atomic mass is 31.2. The van der Waals surface area contributed by atoms with Crippen molar-refractivity contribution in [1.29, 1.82) is 0 Å². The van der Waals surface area contributed by atoms with Gasteiger partial charge in [-0.25, -0.2) is 4.57 Å². The van der Waals surface area contributed by atoms with Crippen LogP contribution in [0.4, 0.5) is 0 Å². The molecule has 0 spiro atoms. The normalized spacial score (nSPS) is 14.3. The number of hydrogen-bond donors (Lipinski definition) is 1. The van der Waals surface area contributed by atoms with Gasteiger partial charge in [-0.15, -0.1) is 0 Å². The van der Waals surface area contributed by atoms with Crippen molar-refractivity contribution in [2.24, 2.45) is 0 Å². The number of phosphoric ester groups is 1. The first-order valence-electron chi connectivity index (χ1n) is 8.24. The van der Waals surface area contributed by atoms with E-state index in [9.17, 15) is 9.46 Å². The molecule has 0 aliphatic carbocycles. The third kappa shape index (κ3) is 14.5. The van der Waals surface area contributed by atoms with Gasteiger partial charge in [0.1, 0.15) is 0 Å². The van der Waals surface area contributed by atoms with E-state index in [1.54, 1.807) is 0 Å². The molecule has 0 bridgehead atoms. The summed E-state index contributed by atoms with van der Waals surface area (Å²) in [5.41, 5.74) is 0. The number of rotatable bonds is 15. The third-order valence-electron chi connectivity index (χ3n) is 3.25. The van der Waals surface area contributed by atoms with Gasteiger partial charge in [0.05, 0.1) is 13.2 Å². The molecule has 122 valence electrons. The van der Waals surface area contributed by atoms with Crippen molar-refractivity contribution in [2.45, 2.75) is 84.5 Å². The van der Waals surface area contributed by atoms with Crippen LogP contribution in [0.2, 0.25) is 0 Å². The van der Waals surface area contributed by atoms with Gasteiger partial charge in [-0.05, 0) is 12.8 Å². The van der Waals surface area contributed by atoms with Gasteiger partial charge in [0.2, 0.25) is 0 Å². The molecular weight excluding hydrogens is 275 g/mol. The van der Waals surface area contributed by atoms with Crippen LogP contribution in [0.15, 0.2) is 0 Å². The third-order valence-corrected chi connectivity index (χ3v) is 4.27. The van der Waals surface area contributed by atoms with Gasteiger partial charge in [0, 0.05) is 0 Å². The molecule has 0 aliphatic heterocycles. The molecule has 0 heterocycles. The quantitative estimate of drug-likeness (QED) is 0.323. The van der Waals surface area contributed by atoms with Gasteiger partial charge in [-0.2, -0.15) is 0 Å². The minimum Gasteiger partial charge on any atom is -0.302 e. The van der Waals surface area contributed by atoms with Gasteiger partial charge in [-0.1, -0.05) is 71.6 Å². The Morgan fingerprint density at radius 2 is 1.05 bits per heavy atom. The summed E-state index contributed by atoms with van der Waals surface area (Å²) < 4.78 is 21.4. The summed E-state index contributed by atoms with van der Waals surface area (Å²) in [6, 6.07) is 0. The molecule has 0 aromatic rings. The number of phosphoric acid groups is 1. The van der Waals surface area contributed by atoms with Crippen molar-refractivity contribution in [1.82, 2.24) is 0 Å². The fraction of sp³-hybridized carbons (Fsp3) is 1.00. The molecule has 1 N–H and O–H groups in total. The molecular formula is C15H33O4P. The van der Waals surface area contributed by atoms with Crippen LogP contribution in [0.3, 0.4) is 0 Å². The van der Waals surface area contributed by atoms with E-state index >= 15 is 0 Å². The lowest BCUT2D eigenvalue weighted by Crippen LogP contribution is -1.99. The molecule has 0 radical (unpaired) electrons. The Morgan fingerprint density at radius 3 is 1.45 bits per heavy atom. The van der Waals surface area contributed by atoms with Crippen molar-refractivity contribution in [2.75, 3.05) is 13.2 Å². The van der Waals surface area contributed by atoms with E-state index in [4.69, 9.17) is 9.05 Å². The maximum atomic E-state index is 11.5. The minimum absolute atomic E-state index is 0.313. The largest absolute Gasteiger partial charge is 0.472 e. The van der Waals surface area contributed by atoms with Crippen molar-refractivity contribution in [3.8, 4) is 0 Å². The Morgan fingerprint density at radius 1 is 0.700 bits per heavy atom. The molecule has 0 fully saturated rings. The Labute approximate surface area is 124 Å². The summed E-state index contributed by atoms with van der Waals surface area (Å²) in [5, 5.41) is 0. The summed E-state index contributed by atoms with van der Waals surface area (Å²) in [6.07, 6.45) is 12.2. The van der Waals surface area contributed by atoms with Crippen LogP contribution in [0.25, 0.3) is 0 Å². The summed E-state index contributed by atoms with van der Waals surface area (Å²) in [5.74, 6) is 0. The lowest BCUT2D eigenvalue weighted by atomic mass is 10.1. The zero-order valence-corrected chi connectivity index (χ0v) is 14.2. The maximum absolute atomic E-state index is 11.5. The molecule has 0 saturated heterocycles. The Kier molecular flexibility index (Phi) is 14.1. The molecule has 0 aromatic carbocycles. The lowest BCUT2D eigenvalue weighted by molar-refractivity contribution is 0.145. The van der Waals surface area contributed by atoms with E-state index in [0.29, 0.717) is 13.2 Å². The van der Waals surface area contributed by atoms with Gasteiger partial charge in [0.25, 0.3) is 0 Å². The molecule has 0 aromatic heterocycles. The van der Waals surface area contributed by atoms with E-state index < -0.39 is 7.82 Å². The summed E-state index contributed by atoms with van der Waals surface area (Å²) in [6.45, 7) is 4.98. The first kappa shape index (κ1) is 20.1. The van der Waals surface area contributed by atoms with Gasteiger partial charge in [-0.3, -0.25) is 9.05 Å². The van der Waals surface area contributed by atoms with Crippen molar-refractivity contribution in [3.63, 3.8) is 0 Å². The first-order chi connectivity index (χ1) is 9.62. The van der Waals surface area contributed by atoms with Crippen LogP contribution in [0, 0.1) is 0 Å². The number of hydrogen-bond acceptors (Lipinski definition) is 3. The Bertz CT molecular complexity index is 246. The van der Waals surface area contributed by atoms with Gasteiger partial charge in [0.15, 0.2) is 0 Å². The molecule has 20 heavy (non-hydrogen) atoms. The van der Waals surface area contributed by atoms with E-state index in [2.05, 4.69) is 13.8 Å². The fourth-order valence-corrected chi connectivity index (χ4v) is 2.78. The van der Waals surface area contributed by atoms with E-state index in [-0.39, 0.29) is 0 Å². The Balaban J connectivity index is 3.38. The molecule has 0 amide bonds. The standard InChI is InChI=1S/C15H33O4P/c1-3-5-7-9-11-13-15-19-20(16,17)18-14-12-10-8-6-4-2/h3-15H2,1-2H3,(H,16,17). The SMILES string of the molecule is CCCCCCCCOP(=O)(O)OCCCCCCC. The topological polar surface area (TPSA) is 55.8 Å². The van der Waals surface area contributed by atoms with Crippen molar-refractivity contribution < 1.29 is 18.5 Å². The molecule has 0 aliphatic rings. The monoisotopic (exact) mass is 308 g/mol. The highest BCUT2D eigenvalue weighted by Gasteiger charge is 2.19. The first-order valence-corrected chi connectivity index (χ1v) is 9.73. The molecule has 1 unspecified atom stereocenters. The van der Waals surface area contributed by atoms with Crippen LogP contribution in [0.1, 0.15) is 84.5 Å². The molecule has 5 heteroatoms. The van der Waals surface area contributed by atoms with E-state index in [1.807, 2.05) is 0 Å². The van der Waals surface area contributed by atoms with Crippen LogP contribution >= 0.6 is 7.82 Å². The minimum atomic E-state index is -3.81. The summed E-state index contributed by atoms with van der Waals surface area (Å²) in [7, 11) is -3.81. The van der Waals surface area contributed by atoms with Crippen molar-refractivity contribution in [3.05, 3.63) is 0 Å². The highest BCUT2D eigenvalue weighted by molar-refractivity contribution is 7.47. The molecule has 1 atom stereocenters. The van der Waals surface area contributed by atoms with E-state index in [1.165, 1.54) is 38.5 Å². The summed E-state index contributed by atoms with van der Waals surface area (Å²) in [4.78, 5) is 9.47. The van der Waals surface area contributed by atoms with Gasteiger partial charge >= 0.3 is 7.82 Å². The summed E-state index contributed by atoms with van der Waals surface area (Å²) >= 11 is 0. The molecule has 4 nitrogen and oxygen atoms in total. The predicted molar refractivity (Wildman–Crippen MR) is 83.9 cm³/mol. The van der Waals surface area contributed by atoms with Crippen LogP contribution in [-0.4, -0.2) is 18.1 Å². The van der Waals surface area contributed by atoms with Crippen molar-refractivity contribution >= 4 is 7.82 Å². The lowest BCUT2D eigenvalue weighted by Gasteiger charge is -2.12.